The van der Waals surface area contributed by atoms with Crippen molar-refractivity contribution in [1.29, 1.82) is 0 Å². The predicted octanol–water partition coefficient (Wildman–Crippen LogP) is 3.63. The largest absolute Gasteiger partial charge is 0.462 e. The van der Waals surface area contributed by atoms with E-state index < -0.39 is 5.97 Å². The third-order valence-electron chi connectivity index (χ3n) is 3.33. The fourth-order valence-corrected chi connectivity index (χ4v) is 2.98. The molecule has 7 heteroatoms. The highest BCUT2D eigenvalue weighted by Gasteiger charge is 2.17. The highest BCUT2D eigenvalue weighted by atomic mass is 32.1. The van der Waals surface area contributed by atoms with Gasteiger partial charge in [0.15, 0.2) is 0 Å². The lowest BCUT2D eigenvalue weighted by Crippen LogP contribution is -2.16. The molecule has 0 radical (unpaired) electrons. The van der Waals surface area contributed by atoms with Gasteiger partial charge in [0, 0.05) is 23.3 Å². The maximum absolute atomic E-state index is 12.5. The van der Waals surface area contributed by atoms with Gasteiger partial charge in [-0.2, -0.15) is 0 Å². The number of amides is 1. The summed E-state index contributed by atoms with van der Waals surface area (Å²) in [5.41, 5.74) is 1.88. The number of rotatable bonds is 5. The molecule has 0 aliphatic rings. The average molecular weight is 353 g/mol. The van der Waals surface area contributed by atoms with Gasteiger partial charge in [0.25, 0.3) is 5.91 Å². The first-order valence-corrected chi connectivity index (χ1v) is 8.50. The van der Waals surface area contributed by atoms with Gasteiger partial charge in [0.05, 0.1) is 17.9 Å². The van der Waals surface area contributed by atoms with Gasteiger partial charge in [-0.3, -0.25) is 9.78 Å². The van der Waals surface area contributed by atoms with E-state index in [1.165, 1.54) is 11.3 Å². The fraction of sp³-hybridized carbons (Fsp3) is 0.111. The summed E-state index contributed by atoms with van der Waals surface area (Å²) < 4.78 is 5.01. The number of anilines is 1. The second kappa shape index (κ2) is 7.67. The molecule has 126 valence electrons. The number of pyridine rings is 1. The molecule has 0 atom stereocenters. The standard InChI is InChI=1S/C18H15N3O3S/c1-2-24-18(23)13-5-3-4-6-14(13)20-16(22)15-11-25-17(21-15)12-7-9-19-10-8-12/h3-11H,2H2,1H3,(H,20,22). The molecule has 2 heterocycles. The van der Waals surface area contributed by atoms with Crippen molar-refractivity contribution in [3.05, 3.63) is 65.4 Å². The summed E-state index contributed by atoms with van der Waals surface area (Å²) in [6.07, 6.45) is 3.35. The number of hydrogen-bond acceptors (Lipinski definition) is 6. The Morgan fingerprint density at radius 3 is 2.68 bits per heavy atom. The molecule has 1 amide bonds. The second-order valence-electron chi connectivity index (χ2n) is 4.99. The molecule has 25 heavy (non-hydrogen) atoms. The summed E-state index contributed by atoms with van der Waals surface area (Å²) in [4.78, 5) is 32.8. The van der Waals surface area contributed by atoms with Crippen LogP contribution in [0.2, 0.25) is 0 Å². The van der Waals surface area contributed by atoms with E-state index in [-0.39, 0.29) is 18.2 Å². The Morgan fingerprint density at radius 2 is 1.92 bits per heavy atom. The number of carbonyl (C=O) groups is 2. The molecular weight excluding hydrogens is 338 g/mol. The van der Waals surface area contributed by atoms with E-state index in [2.05, 4.69) is 15.3 Å². The van der Waals surface area contributed by atoms with Crippen LogP contribution in [0.1, 0.15) is 27.8 Å². The van der Waals surface area contributed by atoms with Crippen molar-refractivity contribution in [2.24, 2.45) is 0 Å². The van der Waals surface area contributed by atoms with Crippen molar-refractivity contribution < 1.29 is 14.3 Å². The average Bonchev–Trinajstić information content (AvgIpc) is 3.13. The Hall–Kier alpha value is -3.06. The van der Waals surface area contributed by atoms with Crippen LogP contribution >= 0.6 is 11.3 Å². The van der Waals surface area contributed by atoms with Gasteiger partial charge in [-0.25, -0.2) is 9.78 Å². The maximum atomic E-state index is 12.5. The summed E-state index contributed by atoms with van der Waals surface area (Å²) in [5, 5.41) is 5.13. The topological polar surface area (TPSA) is 81.2 Å². The van der Waals surface area contributed by atoms with Crippen LogP contribution in [0.4, 0.5) is 5.69 Å². The minimum absolute atomic E-state index is 0.266. The molecule has 3 aromatic rings. The number of aromatic nitrogens is 2. The SMILES string of the molecule is CCOC(=O)c1ccccc1NC(=O)c1csc(-c2ccncc2)n1. The quantitative estimate of drug-likeness (QED) is 0.708. The Morgan fingerprint density at radius 1 is 1.16 bits per heavy atom. The van der Waals surface area contributed by atoms with Gasteiger partial charge in [-0.15, -0.1) is 11.3 Å². The van der Waals surface area contributed by atoms with Crippen LogP contribution in [-0.2, 0) is 4.74 Å². The smallest absolute Gasteiger partial charge is 0.340 e. The lowest BCUT2D eigenvalue weighted by Gasteiger charge is -2.09. The Labute approximate surface area is 148 Å². The van der Waals surface area contributed by atoms with E-state index in [4.69, 9.17) is 4.74 Å². The van der Waals surface area contributed by atoms with Crippen molar-refractivity contribution in [3.8, 4) is 10.6 Å². The maximum Gasteiger partial charge on any atom is 0.340 e. The van der Waals surface area contributed by atoms with E-state index in [1.54, 1.807) is 49.0 Å². The number of nitrogens with one attached hydrogen (secondary N) is 1. The minimum Gasteiger partial charge on any atom is -0.462 e. The monoisotopic (exact) mass is 353 g/mol. The molecule has 0 spiro atoms. The van der Waals surface area contributed by atoms with Crippen LogP contribution in [0.15, 0.2) is 54.2 Å². The third-order valence-corrected chi connectivity index (χ3v) is 4.23. The lowest BCUT2D eigenvalue weighted by atomic mass is 10.1. The number of ether oxygens (including phenoxy) is 1. The molecule has 6 nitrogen and oxygen atoms in total. The molecule has 0 aliphatic heterocycles. The van der Waals surface area contributed by atoms with Crippen LogP contribution in [-0.4, -0.2) is 28.5 Å². The molecule has 1 aromatic carbocycles. The number of nitrogens with zero attached hydrogens (tertiary/aromatic N) is 2. The van der Waals surface area contributed by atoms with Crippen molar-refractivity contribution >= 4 is 28.9 Å². The molecular formula is C18H15N3O3S. The highest BCUT2D eigenvalue weighted by molar-refractivity contribution is 7.13. The molecule has 0 bridgehead atoms. The van der Waals surface area contributed by atoms with Gasteiger partial charge in [0.2, 0.25) is 0 Å². The van der Waals surface area contributed by atoms with E-state index in [0.29, 0.717) is 11.3 Å². The molecule has 1 N–H and O–H groups in total. The van der Waals surface area contributed by atoms with Gasteiger partial charge >= 0.3 is 5.97 Å². The van der Waals surface area contributed by atoms with Crippen molar-refractivity contribution in [2.45, 2.75) is 6.92 Å². The highest BCUT2D eigenvalue weighted by Crippen LogP contribution is 2.24. The molecule has 0 saturated heterocycles. The normalized spacial score (nSPS) is 10.3. The van der Waals surface area contributed by atoms with Crippen LogP contribution < -0.4 is 5.32 Å². The zero-order chi connectivity index (χ0) is 17.6. The van der Waals surface area contributed by atoms with Gasteiger partial charge in [0.1, 0.15) is 10.7 Å². The molecule has 0 saturated carbocycles. The zero-order valence-corrected chi connectivity index (χ0v) is 14.2. The molecule has 2 aromatic heterocycles. The molecule has 0 unspecified atom stereocenters. The van der Waals surface area contributed by atoms with Gasteiger partial charge < -0.3 is 10.1 Å². The van der Waals surface area contributed by atoms with Crippen LogP contribution in [0, 0.1) is 0 Å². The summed E-state index contributed by atoms with van der Waals surface area (Å²) in [7, 11) is 0. The number of para-hydroxylation sites is 1. The first-order valence-electron chi connectivity index (χ1n) is 7.62. The van der Waals surface area contributed by atoms with E-state index in [9.17, 15) is 9.59 Å². The molecule has 0 aliphatic carbocycles. The third kappa shape index (κ3) is 3.89. The number of benzene rings is 1. The summed E-state index contributed by atoms with van der Waals surface area (Å²) in [6.45, 7) is 2.00. The Balaban J connectivity index is 1.80. The van der Waals surface area contributed by atoms with Crippen molar-refractivity contribution in [2.75, 3.05) is 11.9 Å². The molecule has 3 rings (SSSR count). The number of carbonyl (C=O) groups excluding carboxylic acids is 2. The molecule has 0 fully saturated rings. The summed E-state index contributed by atoms with van der Waals surface area (Å²) in [5.74, 6) is -0.859. The first kappa shape index (κ1) is 16.8. The second-order valence-corrected chi connectivity index (χ2v) is 5.85. The van der Waals surface area contributed by atoms with Gasteiger partial charge in [-0.05, 0) is 31.2 Å². The zero-order valence-electron chi connectivity index (χ0n) is 13.4. The summed E-state index contributed by atoms with van der Waals surface area (Å²) >= 11 is 1.37. The Bertz CT molecular complexity index is 893. The summed E-state index contributed by atoms with van der Waals surface area (Å²) in [6, 6.07) is 10.4. The first-order chi connectivity index (χ1) is 12.2. The Kier molecular flexibility index (Phi) is 5.15. The van der Waals surface area contributed by atoms with E-state index in [0.717, 1.165) is 10.6 Å². The number of esters is 1. The van der Waals surface area contributed by atoms with E-state index >= 15 is 0 Å². The van der Waals surface area contributed by atoms with Crippen molar-refractivity contribution in [3.63, 3.8) is 0 Å². The minimum atomic E-state index is -0.478. The van der Waals surface area contributed by atoms with Gasteiger partial charge in [-0.1, -0.05) is 12.1 Å². The number of hydrogen-bond donors (Lipinski definition) is 1. The van der Waals surface area contributed by atoms with Crippen LogP contribution in [0.5, 0.6) is 0 Å². The predicted molar refractivity (Wildman–Crippen MR) is 95.7 cm³/mol. The van der Waals surface area contributed by atoms with Crippen LogP contribution in [0.3, 0.4) is 0 Å². The van der Waals surface area contributed by atoms with Crippen LogP contribution in [0.25, 0.3) is 10.6 Å². The fourth-order valence-electron chi connectivity index (χ4n) is 2.17. The van der Waals surface area contributed by atoms with Crippen molar-refractivity contribution in [1.82, 2.24) is 9.97 Å². The lowest BCUT2D eigenvalue weighted by molar-refractivity contribution is 0.0527. The van der Waals surface area contributed by atoms with E-state index in [1.807, 2.05) is 12.1 Å². The number of thiazole rings is 1.